The van der Waals surface area contributed by atoms with Gasteiger partial charge >= 0.3 is 0 Å². The number of nitrogens with zero attached hydrogens (tertiary/aromatic N) is 2. The van der Waals surface area contributed by atoms with E-state index in [1.807, 2.05) is 0 Å². The average molecular weight is 195 g/mol. The normalized spacial score (nSPS) is 13.0. The first kappa shape index (κ1) is 8.92. The Bertz CT molecular complexity index is 396. The zero-order chi connectivity index (χ0) is 9.97. The maximum Gasteiger partial charge on any atom is 0.293 e. The minimum Gasteiger partial charge on any atom is -0.459 e. The van der Waals surface area contributed by atoms with E-state index >= 15 is 0 Å². The van der Waals surface area contributed by atoms with Crippen LogP contribution in [0.3, 0.4) is 0 Å². The first-order valence-electron chi connectivity index (χ1n) is 4.05. The van der Waals surface area contributed by atoms with Gasteiger partial charge in [-0.1, -0.05) is 5.16 Å². The minimum absolute atomic E-state index is 0.225. The number of aromatic nitrogens is 2. The second kappa shape index (κ2) is 3.60. The van der Waals surface area contributed by atoms with Crippen molar-refractivity contribution in [1.29, 1.82) is 0 Å². The van der Waals surface area contributed by atoms with Crippen LogP contribution in [-0.4, -0.2) is 21.9 Å². The number of rotatable bonds is 3. The van der Waals surface area contributed by atoms with Gasteiger partial charge in [-0.2, -0.15) is 4.98 Å². The van der Waals surface area contributed by atoms with E-state index in [-0.39, 0.29) is 18.3 Å². The van der Waals surface area contributed by atoms with Crippen LogP contribution in [0.2, 0.25) is 0 Å². The molecule has 0 saturated heterocycles. The summed E-state index contributed by atoms with van der Waals surface area (Å²) in [6, 6.07) is 2.79. The minimum atomic E-state index is -0.623. The Morgan fingerprint density at radius 1 is 1.57 bits per heavy atom. The molecule has 0 amide bonds. The van der Waals surface area contributed by atoms with E-state index in [1.165, 1.54) is 6.26 Å². The van der Waals surface area contributed by atoms with Crippen molar-refractivity contribution in [3.8, 4) is 11.7 Å². The molecule has 2 rings (SSSR count). The number of aliphatic hydroxyl groups excluding tert-OH is 1. The zero-order valence-corrected chi connectivity index (χ0v) is 7.25. The monoisotopic (exact) mass is 195 g/mol. The number of nitrogens with two attached hydrogens (primary N) is 1. The van der Waals surface area contributed by atoms with Gasteiger partial charge in [-0.3, -0.25) is 0 Å². The average Bonchev–Trinajstić information content (AvgIpc) is 2.86. The fourth-order valence-corrected chi connectivity index (χ4v) is 0.967. The van der Waals surface area contributed by atoms with Gasteiger partial charge in [-0.05, 0) is 12.1 Å². The molecule has 14 heavy (non-hydrogen) atoms. The summed E-state index contributed by atoms with van der Waals surface area (Å²) in [5.41, 5.74) is 5.50. The lowest BCUT2D eigenvalue weighted by Gasteiger charge is -1.98. The molecule has 0 radical (unpaired) electrons. The highest BCUT2D eigenvalue weighted by Crippen LogP contribution is 2.18. The molecular formula is C8H9N3O3. The molecule has 74 valence electrons. The van der Waals surface area contributed by atoms with Crippen molar-refractivity contribution in [2.24, 2.45) is 5.73 Å². The third-order valence-electron chi connectivity index (χ3n) is 1.70. The van der Waals surface area contributed by atoms with Crippen molar-refractivity contribution in [3.05, 3.63) is 24.2 Å². The van der Waals surface area contributed by atoms with Crippen LogP contribution < -0.4 is 5.73 Å². The van der Waals surface area contributed by atoms with Crippen LogP contribution in [-0.2, 0) is 0 Å². The van der Waals surface area contributed by atoms with Gasteiger partial charge in [-0.25, -0.2) is 0 Å². The van der Waals surface area contributed by atoms with Crippen molar-refractivity contribution in [2.45, 2.75) is 6.04 Å². The van der Waals surface area contributed by atoms with Gasteiger partial charge in [0.15, 0.2) is 11.6 Å². The molecule has 0 saturated carbocycles. The maximum absolute atomic E-state index is 8.76. The van der Waals surface area contributed by atoms with Crippen LogP contribution in [0.1, 0.15) is 11.9 Å². The molecule has 2 aromatic heterocycles. The molecular weight excluding hydrogens is 186 g/mol. The number of hydrogen-bond donors (Lipinski definition) is 2. The third kappa shape index (κ3) is 1.52. The lowest BCUT2D eigenvalue weighted by atomic mass is 10.3. The van der Waals surface area contributed by atoms with E-state index in [0.717, 1.165) is 0 Å². The summed E-state index contributed by atoms with van der Waals surface area (Å²) < 4.78 is 9.93. The number of aliphatic hydroxyl groups is 1. The molecule has 0 spiro atoms. The second-order valence-electron chi connectivity index (χ2n) is 2.72. The molecule has 1 atom stereocenters. The van der Waals surface area contributed by atoms with Gasteiger partial charge < -0.3 is 19.8 Å². The topological polar surface area (TPSA) is 98.3 Å². The highest BCUT2D eigenvalue weighted by Gasteiger charge is 2.15. The lowest BCUT2D eigenvalue weighted by Crippen LogP contribution is -2.15. The molecule has 0 aliphatic heterocycles. The zero-order valence-electron chi connectivity index (χ0n) is 7.25. The first-order chi connectivity index (χ1) is 6.81. The maximum atomic E-state index is 8.76. The van der Waals surface area contributed by atoms with E-state index in [4.69, 9.17) is 19.8 Å². The van der Waals surface area contributed by atoms with Crippen LogP contribution in [0.25, 0.3) is 11.7 Å². The standard InChI is InChI=1S/C8H9N3O3/c9-5(4-12)7-10-8(14-11-7)6-2-1-3-13-6/h1-3,5,12H,4,9H2. The summed E-state index contributed by atoms with van der Waals surface area (Å²) in [5.74, 6) is 1.00. The summed E-state index contributed by atoms with van der Waals surface area (Å²) in [7, 11) is 0. The Morgan fingerprint density at radius 3 is 3.07 bits per heavy atom. The highest BCUT2D eigenvalue weighted by atomic mass is 16.5. The Labute approximate surface area is 79.3 Å². The molecule has 0 aliphatic rings. The van der Waals surface area contributed by atoms with Crippen molar-refractivity contribution in [2.75, 3.05) is 6.61 Å². The Balaban J connectivity index is 2.26. The van der Waals surface area contributed by atoms with Gasteiger partial charge in [0.1, 0.15) is 0 Å². The quantitative estimate of drug-likeness (QED) is 0.731. The molecule has 1 unspecified atom stereocenters. The van der Waals surface area contributed by atoms with Gasteiger partial charge in [0.25, 0.3) is 5.89 Å². The van der Waals surface area contributed by atoms with Gasteiger partial charge in [0, 0.05) is 0 Å². The SMILES string of the molecule is NC(CO)c1noc(-c2ccco2)n1. The van der Waals surface area contributed by atoms with Crippen LogP contribution in [0.4, 0.5) is 0 Å². The van der Waals surface area contributed by atoms with Crippen molar-refractivity contribution in [3.63, 3.8) is 0 Å². The summed E-state index contributed by atoms with van der Waals surface area (Å²) >= 11 is 0. The van der Waals surface area contributed by atoms with Crippen molar-refractivity contribution < 1.29 is 14.0 Å². The fourth-order valence-electron chi connectivity index (χ4n) is 0.967. The molecule has 0 bridgehead atoms. The smallest absolute Gasteiger partial charge is 0.293 e. The Kier molecular flexibility index (Phi) is 2.30. The van der Waals surface area contributed by atoms with Gasteiger partial charge in [-0.15, -0.1) is 0 Å². The van der Waals surface area contributed by atoms with E-state index in [9.17, 15) is 0 Å². The highest BCUT2D eigenvalue weighted by molar-refractivity contribution is 5.42. The van der Waals surface area contributed by atoms with Crippen LogP contribution >= 0.6 is 0 Å². The predicted octanol–water partition coefficient (Wildman–Crippen LogP) is 0.322. The van der Waals surface area contributed by atoms with Crippen molar-refractivity contribution in [1.82, 2.24) is 10.1 Å². The third-order valence-corrected chi connectivity index (χ3v) is 1.70. The summed E-state index contributed by atoms with van der Waals surface area (Å²) in [4.78, 5) is 3.97. The summed E-state index contributed by atoms with van der Waals surface area (Å²) in [6.45, 7) is -0.225. The molecule has 2 heterocycles. The molecule has 2 aromatic rings. The van der Waals surface area contributed by atoms with Gasteiger partial charge in [0.05, 0.1) is 18.9 Å². The first-order valence-corrected chi connectivity index (χ1v) is 4.05. The lowest BCUT2D eigenvalue weighted by molar-refractivity contribution is 0.260. The van der Waals surface area contributed by atoms with Crippen molar-refractivity contribution >= 4 is 0 Å². The molecule has 0 aromatic carbocycles. The summed E-state index contributed by atoms with van der Waals surface area (Å²) in [6.07, 6.45) is 1.51. The predicted molar refractivity (Wildman–Crippen MR) is 46.0 cm³/mol. The van der Waals surface area contributed by atoms with Gasteiger partial charge in [0.2, 0.25) is 0 Å². The molecule has 6 heteroatoms. The molecule has 0 aliphatic carbocycles. The van der Waals surface area contributed by atoms with E-state index in [1.54, 1.807) is 12.1 Å². The van der Waals surface area contributed by atoms with Crippen LogP contribution in [0.15, 0.2) is 27.3 Å². The second-order valence-corrected chi connectivity index (χ2v) is 2.72. The van der Waals surface area contributed by atoms with E-state index in [2.05, 4.69) is 10.1 Å². The molecule has 6 nitrogen and oxygen atoms in total. The largest absolute Gasteiger partial charge is 0.459 e. The fraction of sp³-hybridized carbons (Fsp3) is 0.250. The number of furan rings is 1. The van der Waals surface area contributed by atoms with Crippen LogP contribution in [0, 0.1) is 0 Å². The van der Waals surface area contributed by atoms with Crippen LogP contribution in [0.5, 0.6) is 0 Å². The Morgan fingerprint density at radius 2 is 2.43 bits per heavy atom. The van der Waals surface area contributed by atoms with E-state index < -0.39 is 6.04 Å². The Hall–Kier alpha value is -1.66. The molecule has 3 N–H and O–H groups in total. The van der Waals surface area contributed by atoms with E-state index in [0.29, 0.717) is 5.76 Å². The number of hydrogen-bond acceptors (Lipinski definition) is 6. The summed E-state index contributed by atoms with van der Waals surface area (Å²) in [5, 5.41) is 12.4. The molecule has 0 fully saturated rings.